The van der Waals surface area contributed by atoms with Gasteiger partial charge in [-0.25, -0.2) is 4.98 Å². The molecule has 0 aliphatic heterocycles. The van der Waals surface area contributed by atoms with E-state index in [-0.39, 0.29) is 12.4 Å². The number of para-hydroxylation sites is 1. The average molecular weight is 446 g/mol. The molecule has 1 aromatic heterocycles. The second kappa shape index (κ2) is 10.5. The summed E-state index contributed by atoms with van der Waals surface area (Å²) in [5, 5.41) is 4.59. The fraction of sp³-hybridized carbons (Fsp3) is 0.182. The van der Waals surface area contributed by atoms with Gasteiger partial charge in [-0.3, -0.25) is 10.1 Å². The van der Waals surface area contributed by atoms with Gasteiger partial charge in [-0.2, -0.15) is 8.78 Å². The highest BCUT2D eigenvalue weighted by Crippen LogP contribution is 2.33. The molecule has 31 heavy (non-hydrogen) atoms. The maximum atomic E-state index is 12.6. The molecule has 0 saturated heterocycles. The molecule has 0 fully saturated rings. The van der Waals surface area contributed by atoms with Crippen LogP contribution < -0.4 is 19.5 Å². The minimum atomic E-state index is -2.95. The highest BCUT2D eigenvalue weighted by molar-refractivity contribution is 7.14. The number of benzene rings is 2. The molecule has 0 aliphatic carbocycles. The van der Waals surface area contributed by atoms with Crippen molar-refractivity contribution < 1.29 is 27.8 Å². The van der Waals surface area contributed by atoms with E-state index in [4.69, 9.17) is 9.47 Å². The smallest absolute Gasteiger partial charge is 0.387 e. The number of alkyl halides is 2. The first-order valence-corrected chi connectivity index (χ1v) is 10.1. The van der Waals surface area contributed by atoms with Gasteiger partial charge < -0.3 is 14.2 Å². The predicted molar refractivity (Wildman–Crippen MR) is 115 cm³/mol. The van der Waals surface area contributed by atoms with Gasteiger partial charge in [0.05, 0.1) is 12.8 Å². The van der Waals surface area contributed by atoms with E-state index >= 15 is 0 Å². The third kappa shape index (κ3) is 6.02. The van der Waals surface area contributed by atoms with Gasteiger partial charge in [0.25, 0.3) is 5.91 Å². The van der Waals surface area contributed by atoms with Gasteiger partial charge in [0.1, 0.15) is 5.75 Å². The standard InChI is InChI=1S/C22H20F2N2O4S/c1-3-6-14-9-10-18(19(11-14)28-2)29-12-20(27)26-22-25-16(13-31-22)15-7-4-5-8-17(15)30-21(23)24/h3-5,7-11,13,21H,1,6,12H2,2H3,(H,25,26,27). The number of rotatable bonds is 10. The Balaban J connectivity index is 1.63. The molecule has 1 amide bonds. The Kier molecular flexibility index (Phi) is 7.55. The number of methoxy groups -OCH3 is 1. The summed E-state index contributed by atoms with van der Waals surface area (Å²) >= 11 is 1.16. The molecule has 0 unspecified atom stereocenters. The number of carbonyl (C=O) groups excluding carboxylic acids is 1. The SMILES string of the molecule is C=CCc1ccc(OCC(=O)Nc2nc(-c3ccccc3OC(F)F)cs2)c(OC)c1. The Hall–Kier alpha value is -3.46. The normalized spacial score (nSPS) is 10.6. The fourth-order valence-corrected chi connectivity index (χ4v) is 3.48. The number of allylic oxidation sites excluding steroid dienone is 1. The molecular formula is C22H20F2N2O4S. The summed E-state index contributed by atoms with van der Waals surface area (Å²) in [7, 11) is 1.52. The van der Waals surface area contributed by atoms with Gasteiger partial charge in [-0.15, -0.1) is 17.9 Å². The first-order chi connectivity index (χ1) is 15.0. The van der Waals surface area contributed by atoms with E-state index in [2.05, 4.69) is 21.6 Å². The molecule has 2 aromatic carbocycles. The van der Waals surface area contributed by atoms with Crippen LogP contribution in [-0.2, 0) is 11.2 Å². The average Bonchev–Trinajstić information content (AvgIpc) is 3.21. The number of carbonyl (C=O) groups is 1. The van der Waals surface area contributed by atoms with Crippen molar-refractivity contribution in [2.45, 2.75) is 13.0 Å². The molecule has 6 nitrogen and oxygen atoms in total. The molecule has 0 aliphatic rings. The van der Waals surface area contributed by atoms with Crippen molar-refractivity contribution in [1.29, 1.82) is 0 Å². The topological polar surface area (TPSA) is 69.7 Å². The van der Waals surface area contributed by atoms with Crippen LogP contribution in [0.5, 0.6) is 17.2 Å². The molecule has 1 heterocycles. The number of thiazole rings is 1. The van der Waals surface area contributed by atoms with E-state index in [9.17, 15) is 13.6 Å². The van der Waals surface area contributed by atoms with Crippen molar-refractivity contribution in [3.63, 3.8) is 0 Å². The summed E-state index contributed by atoms with van der Waals surface area (Å²) in [5.41, 5.74) is 1.83. The van der Waals surface area contributed by atoms with Crippen LogP contribution in [0.15, 0.2) is 60.5 Å². The molecule has 9 heteroatoms. The lowest BCUT2D eigenvalue weighted by molar-refractivity contribution is -0.118. The van der Waals surface area contributed by atoms with Gasteiger partial charge in [-0.05, 0) is 36.2 Å². The Bertz CT molecular complexity index is 1060. The molecule has 0 bridgehead atoms. The summed E-state index contributed by atoms with van der Waals surface area (Å²) in [6.45, 7) is 0.503. The quantitative estimate of drug-likeness (QED) is 0.436. The number of nitrogens with zero attached hydrogens (tertiary/aromatic N) is 1. The zero-order chi connectivity index (χ0) is 22.2. The Morgan fingerprint density at radius 2 is 2.03 bits per heavy atom. The summed E-state index contributed by atoms with van der Waals surface area (Å²) in [5.74, 6) is 0.536. The minimum absolute atomic E-state index is 0.0102. The Labute approximate surface area is 182 Å². The first kappa shape index (κ1) is 22.2. The Morgan fingerprint density at radius 3 is 2.77 bits per heavy atom. The third-order valence-corrected chi connectivity index (χ3v) is 4.85. The molecule has 0 atom stereocenters. The molecule has 3 aromatic rings. The van der Waals surface area contributed by atoms with Crippen LogP contribution in [0.1, 0.15) is 5.56 Å². The first-order valence-electron chi connectivity index (χ1n) is 9.20. The maximum Gasteiger partial charge on any atom is 0.387 e. The predicted octanol–water partition coefficient (Wildman–Crippen LogP) is 5.17. The van der Waals surface area contributed by atoms with E-state index < -0.39 is 12.5 Å². The van der Waals surface area contributed by atoms with Crippen LogP contribution in [0.25, 0.3) is 11.3 Å². The van der Waals surface area contributed by atoms with Crippen molar-refractivity contribution in [2.24, 2.45) is 0 Å². The van der Waals surface area contributed by atoms with E-state index in [1.54, 1.807) is 35.7 Å². The highest BCUT2D eigenvalue weighted by Gasteiger charge is 2.15. The lowest BCUT2D eigenvalue weighted by Gasteiger charge is -2.11. The minimum Gasteiger partial charge on any atom is -0.493 e. The zero-order valence-electron chi connectivity index (χ0n) is 16.6. The van der Waals surface area contributed by atoms with E-state index in [1.807, 2.05) is 12.1 Å². The van der Waals surface area contributed by atoms with Crippen LogP contribution in [0.4, 0.5) is 13.9 Å². The monoisotopic (exact) mass is 446 g/mol. The van der Waals surface area contributed by atoms with Crippen LogP contribution in [0.3, 0.4) is 0 Å². The number of nitrogens with one attached hydrogen (secondary N) is 1. The van der Waals surface area contributed by atoms with Gasteiger partial charge >= 0.3 is 6.61 Å². The summed E-state index contributed by atoms with van der Waals surface area (Å²) in [4.78, 5) is 16.5. The lowest BCUT2D eigenvalue weighted by Crippen LogP contribution is -2.20. The van der Waals surface area contributed by atoms with Crippen LogP contribution in [0.2, 0.25) is 0 Å². The zero-order valence-corrected chi connectivity index (χ0v) is 17.5. The molecule has 1 N–H and O–H groups in total. The molecule has 3 rings (SSSR count). The van der Waals surface area contributed by atoms with Gasteiger partial charge in [0.15, 0.2) is 23.2 Å². The molecule has 0 radical (unpaired) electrons. The lowest BCUT2D eigenvalue weighted by atomic mass is 10.1. The Morgan fingerprint density at radius 1 is 1.23 bits per heavy atom. The van der Waals surface area contributed by atoms with Crippen molar-refractivity contribution >= 4 is 22.4 Å². The molecule has 0 saturated carbocycles. The van der Waals surface area contributed by atoms with Crippen molar-refractivity contribution in [2.75, 3.05) is 19.0 Å². The summed E-state index contributed by atoms with van der Waals surface area (Å²) in [6, 6.07) is 11.7. The molecular weight excluding hydrogens is 426 g/mol. The second-order valence-corrected chi connectivity index (χ2v) is 7.09. The van der Waals surface area contributed by atoms with Crippen molar-refractivity contribution in [1.82, 2.24) is 4.98 Å². The number of halogens is 2. The highest BCUT2D eigenvalue weighted by atomic mass is 32.1. The summed E-state index contributed by atoms with van der Waals surface area (Å²) < 4.78 is 40.6. The van der Waals surface area contributed by atoms with Gasteiger partial charge in [0, 0.05) is 10.9 Å². The number of aromatic nitrogens is 1. The van der Waals surface area contributed by atoms with Crippen LogP contribution in [-0.4, -0.2) is 31.2 Å². The number of anilines is 1. The third-order valence-electron chi connectivity index (χ3n) is 4.10. The number of ether oxygens (including phenoxy) is 3. The number of hydrogen-bond acceptors (Lipinski definition) is 6. The van der Waals surface area contributed by atoms with Gasteiger partial charge in [-0.1, -0.05) is 24.3 Å². The van der Waals surface area contributed by atoms with E-state index in [0.29, 0.717) is 34.3 Å². The van der Waals surface area contributed by atoms with E-state index in [0.717, 1.165) is 16.9 Å². The largest absolute Gasteiger partial charge is 0.493 e. The number of amides is 1. The van der Waals surface area contributed by atoms with Crippen LogP contribution in [0, 0.1) is 0 Å². The van der Waals surface area contributed by atoms with Crippen molar-refractivity contribution in [3.05, 3.63) is 66.1 Å². The van der Waals surface area contributed by atoms with Gasteiger partial charge in [0.2, 0.25) is 0 Å². The molecule has 0 spiro atoms. The molecule has 162 valence electrons. The fourth-order valence-electron chi connectivity index (χ4n) is 2.76. The second-order valence-electron chi connectivity index (χ2n) is 6.23. The van der Waals surface area contributed by atoms with Crippen LogP contribution >= 0.6 is 11.3 Å². The van der Waals surface area contributed by atoms with E-state index in [1.165, 1.54) is 13.2 Å². The maximum absolute atomic E-state index is 12.6. The summed E-state index contributed by atoms with van der Waals surface area (Å²) in [6.07, 6.45) is 2.47. The van der Waals surface area contributed by atoms with Crippen molar-refractivity contribution in [3.8, 4) is 28.5 Å². The number of hydrogen-bond donors (Lipinski definition) is 1.